The first-order valence-electron chi connectivity index (χ1n) is 7.06. The van der Waals surface area contributed by atoms with Crippen molar-refractivity contribution in [2.45, 2.75) is 24.3 Å². The molecule has 2 aliphatic rings. The van der Waals surface area contributed by atoms with Crippen LogP contribution in [0.25, 0.3) is 0 Å². The van der Waals surface area contributed by atoms with Crippen LogP contribution >= 0.6 is 23.4 Å². The van der Waals surface area contributed by atoms with Crippen molar-refractivity contribution in [1.82, 2.24) is 9.21 Å². The van der Waals surface area contributed by atoms with E-state index in [1.807, 2.05) is 0 Å². The van der Waals surface area contributed by atoms with E-state index in [2.05, 4.69) is 0 Å². The van der Waals surface area contributed by atoms with Crippen molar-refractivity contribution in [2.75, 3.05) is 18.8 Å². The Morgan fingerprint density at radius 1 is 1.30 bits per heavy atom. The molecule has 2 saturated heterocycles. The van der Waals surface area contributed by atoms with Crippen LogP contribution < -0.4 is 0 Å². The number of sulfonamides is 1. The quantitative estimate of drug-likeness (QED) is 0.810. The molecule has 1 aromatic carbocycles. The Morgan fingerprint density at radius 2 is 2.04 bits per heavy atom. The predicted molar refractivity (Wildman–Crippen MR) is 88.1 cm³/mol. The Bertz CT molecular complexity index is 765. The van der Waals surface area contributed by atoms with Crippen molar-refractivity contribution >= 4 is 44.5 Å². The molecule has 2 heterocycles. The summed E-state index contributed by atoms with van der Waals surface area (Å²) in [5.41, 5.74) is 0.501. The van der Waals surface area contributed by atoms with E-state index in [9.17, 15) is 18.0 Å². The van der Waals surface area contributed by atoms with Crippen LogP contribution in [0.4, 0.5) is 4.79 Å². The Hall–Kier alpha value is -1.09. The van der Waals surface area contributed by atoms with Gasteiger partial charge in [0.2, 0.25) is 15.9 Å². The van der Waals surface area contributed by atoms with Gasteiger partial charge in [-0.05, 0) is 31.0 Å². The number of amides is 2. The number of hydrogen-bond donors (Lipinski definition) is 0. The van der Waals surface area contributed by atoms with E-state index in [1.165, 1.54) is 15.3 Å². The third-order valence-electron chi connectivity index (χ3n) is 4.11. The third kappa shape index (κ3) is 2.88. The van der Waals surface area contributed by atoms with E-state index >= 15 is 0 Å². The first kappa shape index (κ1) is 16.8. The molecule has 1 aromatic rings. The van der Waals surface area contributed by atoms with Gasteiger partial charge in [0.05, 0.1) is 16.7 Å². The number of carbonyl (C=O) groups excluding carboxylic acids is 2. The Morgan fingerprint density at radius 3 is 2.70 bits per heavy atom. The fraction of sp³-hybridized carbons (Fsp3) is 0.429. The van der Waals surface area contributed by atoms with Gasteiger partial charge in [0, 0.05) is 18.1 Å². The van der Waals surface area contributed by atoms with Crippen LogP contribution in [0.5, 0.6) is 0 Å². The first-order valence-corrected chi connectivity index (χ1v) is 9.87. The predicted octanol–water partition coefficient (Wildman–Crippen LogP) is 2.11. The van der Waals surface area contributed by atoms with Crippen LogP contribution in [-0.4, -0.2) is 53.7 Å². The van der Waals surface area contributed by atoms with E-state index in [-0.39, 0.29) is 40.9 Å². The van der Waals surface area contributed by atoms with Crippen LogP contribution in [0, 0.1) is 6.92 Å². The molecule has 6 nitrogen and oxygen atoms in total. The summed E-state index contributed by atoms with van der Waals surface area (Å²) in [7, 11) is -3.70. The van der Waals surface area contributed by atoms with Gasteiger partial charge in [0.1, 0.15) is 0 Å². The van der Waals surface area contributed by atoms with Gasteiger partial charge >= 0.3 is 0 Å². The summed E-state index contributed by atoms with van der Waals surface area (Å²) in [6.07, 6.45) is 0.455. The lowest BCUT2D eigenvalue weighted by Gasteiger charge is -2.22. The second kappa shape index (κ2) is 6.08. The Labute approximate surface area is 143 Å². The summed E-state index contributed by atoms with van der Waals surface area (Å²) in [5, 5.41) is 0.0984. The van der Waals surface area contributed by atoms with Gasteiger partial charge in [0.25, 0.3) is 5.24 Å². The Kier molecular flexibility index (Phi) is 4.43. The van der Waals surface area contributed by atoms with Gasteiger partial charge in [-0.3, -0.25) is 14.5 Å². The molecule has 23 heavy (non-hydrogen) atoms. The van der Waals surface area contributed by atoms with Gasteiger partial charge in [0.15, 0.2) is 0 Å². The van der Waals surface area contributed by atoms with E-state index in [4.69, 9.17) is 11.6 Å². The van der Waals surface area contributed by atoms with Gasteiger partial charge in [-0.1, -0.05) is 29.4 Å². The molecule has 0 saturated carbocycles. The topological polar surface area (TPSA) is 74.8 Å². The molecular weight excluding hydrogens is 360 g/mol. The zero-order valence-electron chi connectivity index (χ0n) is 12.4. The smallest absolute Gasteiger partial charge is 0.273 e. The highest BCUT2D eigenvalue weighted by Gasteiger charge is 2.42. The minimum absolute atomic E-state index is 0.131. The fourth-order valence-electron chi connectivity index (χ4n) is 2.86. The molecule has 2 fully saturated rings. The van der Waals surface area contributed by atoms with Gasteiger partial charge in [-0.25, -0.2) is 8.42 Å². The molecule has 0 aromatic heterocycles. The summed E-state index contributed by atoms with van der Waals surface area (Å²) < 4.78 is 26.9. The highest BCUT2D eigenvalue weighted by Crippen LogP contribution is 2.31. The van der Waals surface area contributed by atoms with Crippen molar-refractivity contribution in [3.63, 3.8) is 0 Å². The summed E-state index contributed by atoms with van der Waals surface area (Å²) in [5.74, 6) is -0.113. The number of imide groups is 1. The Balaban J connectivity index is 1.84. The molecule has 9 heteroatoms. The van der Waals surface area contributed by atoms with Crippen LogP contribution in [0.3, 0.4) is 0 Å². The largest absolute Gasteiger partial charge is 0.289 e. The summed E-state index contributed by atoms with van der Waals surface area (Å²) in [6.45, 7) is 2.07. The monoisotopic (exact) mass is 374 g/mol. The fourth-order valence-corrected chi connectivity index (χ4v) is 5.61. The highest BCUT2D eigenvalue weighted by molar-refractivity contribution is 8.14. The highest BCUT2D eigenvalue weighted by atomic mass is 35.5. The first-order chi connectivity index (χ1) is 10.8. The summed E-state index contributed by atoms with van der Waals surface area (Å²) in [6, 6.07) is 4.37. The third-order valence-corrected chi connectivity index (χ3v) is 7.37. The molecule has 2 aliphatic heterocycles. The molecule has 0 bridgehead atoms. The van der Waals surface area contributed by atoms with E-state index in [1.54, 1.807) is 19.1 Å². The van der Waals surface area contributed by atoms with E-state index < -0.39 is 10.0 Å². The van der Waals surface area contributed by atoms with Crippen molar-refractivity contribution in [2.24, 2.45) is 0 Å². The van der Waals surface area contributed by atoms with Crippen molar-refractivity contribution < 1.29 is 18.0 Å². The molecule has 1 atom stereocenters. The molecule has 0 aliphatic carbocycles. The maximum absolute atomic E-state index is 12.8. The van der Waals surface area contributed by atoms with Crippen LogP contribution in [0.2, 0.25) is 5.02 Å². The molecule has 3 rings (SSSR count). The second-order valence-electron chi connectivity index (χ2n) is 5.49. The summed E-state index contributed by atoms with van der Waals surface area (Å²) in [4.78, 5) is 24.9. The number of nitrogens with zero attached hydrogens (tertiary/aromatic N) is 2. The summed E-state index contributed by atoms with van der Waals surface area (Å²) >= 11 is 6.98. The number of hydrogen-bond acceptors (Lipinski definition) is 5. The lowest BCUT2D eigenvalue weighted by Crippen LogP contribution is -2.41. The normalized spacial score (nSPS) is 23.0. The standard InChI is InChI=1S/C14H15ClN2O4S2/c1-9-11(15)3-2-4-12(9)23(20,21)16-6-5-10(7-16)17-13(18)8-22-14(17)19/h2-4,10H,5-8H2,1H3/t10-/m1/s1. The van der Waals surface area contributed by atoms with Crippen molar-refractivity contribution in [1.29, 1.82) is 0 Å². The average Bonchev–Trinajstić information content (AvgIpc) is 3.09. The lowest BCUT2D eigenvalue weighted by atomic mass is 10.2. The zero-order valence-corrected chi connectivity index (χ0v) is 14.7. The molecule has 2 amide bonds. The van der Waals surface area contributed by atoms with Crippen LogP contribution in [0.15, 0.2) is 23.1 Å². The maximum atomic E-state index is 12.8. The molecule has 0 unspecified atom stereocenters. The van der Waals surface area contributed by atoms with Gasteiger partial charge in [-0.2, -0.15) is 4.31 Å². The molecule has 0 N–H and O–H groups in total. The number of benzene rings is 1. The molecule has 0 radical (unpaired) electrons. The van der Waals surface area contributed by atoms with E-state index in [0.29, 0.717) is 17.0 Å². The molecular formula is C14H15ClN2O4S2. The second-order valence-corrected chi connectivity index (χ2v) is 8.73. The lowest BCUT2D eigenvalue weighted by molar-refractivity contribution is -0.126. The van der Waals surface area contributed by atoms with Gasteiger partial charge in [-0.15, -0.1) is 0 Å². The van der Waals surface area contributed by atoms with Crippen molar-refractivity contribution in [3.05, 3.63) is 28.8 Å². The van der Waals surface area contributed by atoms with E-state index in [0.717, 1.165) is 11.8 Å². The molecule has 124 valence electrons. The number of thioether (sulfide) groups is 1. The van der Waals surface area contributed by atoms with Crippen LogP contribution in [-0.2, 0) is 14.8 Å². The SMILES string of the molecule is Cc1c(Cl)cccc1S(=O)(=O)N1CC[C@@H](N2C(=O)CSC2=O)C1. The average molecular weight is 375 g/mol. The minimum Gasteiger partial charge on any atom is -0.273 e. The number of carbonyl (C=O) groups is 2. The molecule has 0 spiro atoms. The van der Waals surface area contributed by atoms with Crippen LogP contribution in [0.1, 0.15) is 12.0 Å². The number of halogens is 1. The maximum Gasteiger partial charge on any atom is 0.289 e. The van der Waals surface area contributed by atoms with Gasteiger partial charge < -0.3 is 0 Å². The minimum atomic E-state index is -3.70. The number of rotatable bonds is 3. The zero-order chi connectivity index (χ0) is 16.8. The van der Waals surface area contributed by atoms with Crippen molar-refractivity contribution in [3.8, 4) is 0 Å².